The lowest BCUT2D eigenvalue weighted by Gasteiger charge is -2.16. The summed E-state index contributed by atoms with van der Waals surface area (Å²) in [6, 6.07) is 0. The van der Waals surface area contributed by atoms with Gasteiger partial charge in [-0.15, -0.1) is 0 Å². The van der Waals surface area contributed by atoms with Gasteiger partial charge in [-0.1, -0.05) is 0 Å². The molecule has 5 nitrogen and oxygen atoms in total. The highest BCUT2D eigenvalue weighted by molar-refractivity contribution is 4.89. The molecule has 0 saturated carbocycles. The third-order valence-corrected chi connectivity index (χ3v) is 2.06. The maximum atomic E-state index is 9.41. The molecule has 0 amide bonds. The van der Waals surface area contributed by atoms with Crippen molar-refractivity contribution in [2.24, 2.45) is 0 Å². The van der Waals surface area contributed by atoms with E-state index in [-0.39, 0.29) is 0 Å². The van der Waals surface area contributed by atoms with Crippen LogP contribution in [0.1, 0.15) is 13.8 Å². The van der Waals surface area contributed by atoms with Gasteiger partial charge in [0.1, 0.15) is 18.3 Å². The SMILES string of the molecule is CCOC1OC(C(C)O)C(O)C1O. The molecule has 0 radical (unpaired) electrons. The second-order valence-electron chi connectivity index (χ2n) is 3.15. The van der Waals surface area contributed by atoms with E-state index >= 15 is 0 Å². The van der Waals surface area contributed by atoms with E-state index in [1.807, 2.05) is 0 Å². The molecule has 0 aromatic carbocycles. The van der Waals surface area contributed by atoms with Gasteiger partial charge in [-0.3, -0.25) is 0 Å². The van der Waals surface area contributed by atoms with E-state index in [1.165, 1.54) is 6.92 Å². The molecule has 13 heavy (non-hydrogen) atoms. The van der Waals surface area contributed by atoms with Crippen molar-refractivity contribution in [3.63, 3.8) is 0 Å². The van der Waals surface area contributed by atoms with Crippen LogP contribution in [0, 0.1) is 0 Å². The van der Waals surface area contributed by atoms with E-state index in [2.05, 4.69) is 0 Å². The van der Waals surface area contributed by atoms with Crippen molar-refractivity contribution in [1.82, 2.24) is 0 Å². The molecule has 1 saturated heterocycles. The third kappa shape index (κ3) is 2.18. The topological polar surface area (TPSA) is 79.2 Å². The van der Waals surface area contributed by atoms with Crippen molar-refractivity contribution in [3.05, 3.63) is 0 Å². The van der Waals surface area contributed by atoms with Crippen LogP contribution in [0.25, 0.3) is 0 Å². The Bertz CT molecular complexity index is 161. The van der Waals surface area contributed by atoms with Gasteiger partial charge < -0.3 is 24.8 Å². The summed E-state index contributed by atoms with van der Waals surface area (Å²) >= 11 is 0. The molecule has 1 fully saturated rings. The highest BCUT2D eigenvalue weighted by Gasteiger charge is 2.45. The summed E-state index contributed by atoms with van der Waals surface area (Å²) in [7, 11) is 0. The van der Waals surface area contributed by atoms with E-state index in [4.69, 9.17) is 9.47 Å². The van der Waals surface area contributed by atoms with Gasteiger partial charge in [-0.25, -0.2) is 0 Å². The first-order valence-corrected chi connectivity index (χ1v) is 4.39. The molecule has 1 rings (SSSR count). The highest BCUT2D eigenvalue weighted by Crippen LogP contribution is 2.24. The van der Waals surface area contributed by atoms with Gasteiger partial charge in [-0.05, 0) is 13.8 Å². The van der Waals surface area contributed by atoms with Crippen molar-refractivity contribution in [1.29, 1.82) is 0 Å². The minimum absolute atomic E-state index is 0.390. The van der Waals surface area contributed by atoms with Gasteiger partial charge in [-0.2, -0.15) is 0 Å². The molecule has 5 atom stereocenters. The second-order valence-corrected chi connectivity index (χ2v) is 3.15. The monoisotopic (exact) mass is 192 g/mol. The fraction of sp³-hybridized carbons (Fsp3) is 1.00. The summed E-state index contributed by atoms with van der Waals surface area (Å²) in [6.07, 6.45) is -4.60. The maximum absolute atomic E-state index is 9.41. The molecule has 0 aromatic heterocycles. The summed E-state index contributed by atoms with van der Waals surface area (Å²) in [5.74, 6) is 0. The number of rotatable bonds is 3. The van der Waals surface area contributed by atoms with Crippen molar-refractivity contribution in [2.75, 3.05) is 6.61 Å². The zero-order valence-corrected chi connectivity index (χ0v) is 7.75. The predicted octanol–water partition coefficient (Wildman–Crippen LogP) is -1.15. The normalized spacial score (nSPS) is 42.2. The number of aliphatic hydroxyl groups is 3. The zero-order valence-electron chi connectivity index (χ0n) is 7.75. The average Bonchev–Trinajstić information content (AvgIpc) is 2.33. The first-order valence-electron chi connectivity index (χ1n) is 4.39. The van der Waals surface area contributed by atoms with Crippen molar-refractivity contribution in [2.45, 2.75) is 44.6 Å². The molecular weight excluding hydrogens is 176 g/mol. The number of ether oxygens (including phenoxy) is 2. The van der Waals surface area contributed by atoms with Gasteiger partial charge in [0.25, 0.3) is 0 Å². The standard InChI is InChI=1S/C8H16O5/c1-3-12-8-6(11)5(10)7(13-8)4(2)9/h4-11H,3H2,1-2H3. The Hall–Kier alpha value is -0.200. The number of aliphatic hydroxyl groups excluding tert-OH is 3. The van der Waals surface area contributed by atoms with Crippen LogP contribution in [-0.2, 0) is 9.47 Å². The lowest BCUT2D eigenvalue weighted by atomic mass is 10.1. The van der Waals surface area contributed by atoms with E-state index in [1.54, 1.807) is 6.92 Å². The molecule has 0 aromatic rings. The average molecular weight is 192 g/mol. The first-order chi connectivity index (χ1) is 6.07. The number of hydrogen-bond donors (Lipinski definition) is 3. The molecule has 1 aliphatic rings. The minimum Gasteiger partial charge on any atom is -0.391 e. The van der Waals surface area contributed by atoms with Gasteiger partial charge in [0.05, 0.1) is 6.10 Å². The van der Waals surface area contributed by atoms with E-state index < -0.39 is 30.7 Å². The summed E-state index contributed by atoms with van der Waals surface area (Å²) in [5, 5.41) is 28.0. The second kappa shape index (κ2) is 4.34. The van der Waals surface area contributed by atoms with Crippen LogP contribution in [0.3, 0.4) is 0 Å². The zero-order chi connectivity index (χ0) is 10.0. The fourth-order valence-corrected chi connectivity index (χ4v) is 1.37. The predicted molar refractivity (Wildman–Crippen MR) is 44.0 cm³/mol. The summed E-state index contributed by atoms with van der Waals surface area (Å²) < 4.78 is 10.1. The van der Waals surface area contributed by atoms with Crippen molar-refractivity contribution < 1.29 is 24.8 Å². The van der Waals surface area contributed by atoms with Gasteiger partial charge in [0.2, 0.25) is 0 Å². The summed E-state index contributed by atoms with van der Waals surface area (Å²) in [6.45, 7) is 3.65. The Kier molecular flexibility index (Phi) is 3.63. The largest absolute Gasteiger partial charge is 0.391 e. The van der Waals surface area contributed by atoms with Crippen LogP contribution in [-0.4, -0.2) is 52.6 Å². The smallest absolute Gasteiger partial charge is 0.186 e. The molecule has 5 heteroatoms. The number of hydrogen-bond acceptors (Lipinski definition) is 5. The third-order valence-electron chi connectivity index (χ3n) is 2.06. The summed E-state index contributed by atoms with van der Waals surface area (Å²) in [4.78, 5) is 0. The highest BCUT2D eigenvalue weighted by atomic mass is 16.7. The molecule has 3 N–H and O–H groups in total. The van der Waals surface area contributed by atoms with Crippen LogP contribution in [0.15, 0.2) is 0 Å². The fourth-order valence-electron chi connectivity index (χ4n) is 1.37. The van der Waals surface area contributed by atoms with Crippen LogP contribution >= 0.6 is 0 Å². The molecular formula is C8H16O5. The lowest BCUT2D eigenvalue weighted by Crippen LogP contribution is -2.37. The minimum atomic E-state index is -1.09. The Morgan fingerprint density at radius 1 is 1.38 bits per heavy atom. The molecule has 0 bridgehead atoms. The molecule has 1 heterocycles. The Morgan fingerprint density at radius 2 is 2.00 bits per heavy atom. The first kappa shape index (κ1) is 10.9. The molecule has 5 unspecified atom stereocenters. The van der Waals surface area contributed by atoms with Gasteiger partial charge in [0.15, 0.2) is 6.29 Å². The van der Waals surface area contributed by atoms with E-state index in [0.717, 1.165) is 0 Å². The van der Waals surface area contributed by atoms with Crippen LogP contribution < -0.4 is 0 Å². The van der Waals surface area contributed by atoms with Crippen LogP contribution in [0.4, 0.5) is 0 Å². The van der Waals surface area contributed by atoms with E-state index in [0.29, 0.717) is 6.61 Å². The quantitative estimate of drug-likeness (QED) is 0.526. The Morgan fingerprint density at radius 3 is 2.38 bits per heavy atom. The molecule has 1 aliphatic heterocycles. The Balaban J connectivity index is 2.56. The van der Waals surface area contributed by atoms with Crippen molar-refractivity contribution >= 4 is 0 Å². The molecule has 78 valence electrons. The Labute approximate surface area is 76.9 Å². The summed E-state index contributed by atoms with van der Waals surface area (Å²) in [5.41, 5.74) is 0. The molecule has 0 spiro atoms. The van der Waals surface area contributed by atoms with Gasteiger partial charge >= 0.3 is 0 Å². The molecule has 0 aliphatic carbocycles. The van der Waals surface area contributed by atoms with Crippen molar-refractivity contribution in [3.8, 4) is 0 Å². The lowest BCUT2D eigenvalue weighted by molar-refractivity contribution is -0.173. The maximum Gasteiger partial charge on any atom is 0.186 e. The van der Waals surface area contributed by atoms with Crippen LogP contribution in [0.2, 0.25) is 0 Å². The van der Waals surface area contributed by atoms with Crippen LogP contribution in [0.5, 0.6) is 0 Å². The van der Waals surface area contributed by atoms with E-state index in [9.17, 15) is 15.3 Å². The van der Waals surface area contributed by atoms with Gasteiger partial charge in [0, 0.05) is 6.61 Å².